The Morgan fingerprint density at radius 3 is 2.56 bits per heavy atom. The van der Waals surface area contributed by atoms with Crippen LogP contribution in [0.3, 0.4) is 0 Å². The van der Waals surface area contributed by atoms with Crippen LogP contribution < -0.4 is 10.2 Å². The Bertz CT molecular complexity index is 1340. The van der Waals surface area contributed by atoms with Crippen molar-refractivity contribution in [1.29, 1.82) is 0 Å². The van der Waals surface area contributed by atoms with Gasteiger partial charge in [-0.2, -0.15) is 0 Å². The van der Waals surface area contributed by atoms with Gasteiger partial charge >= 0.3 is 5.97 Å². The van der Waals surface area contributed by atoms with Crippen LogP contribution in [0.1, 0.15) is 33.9 Å². The number of halogens is 1. The van der Waals surface area contributed by atoms with Crippen LogP contribution in [0.5, 0.6) is 0 Å². The maximum Gasteiger partial charge on any atom is 0.338 e. The Labute approximate surface area is 201 Å². The highest BCUT2D eigenvalue weighted by Crippen LogP contribution is 2.43. The SMILES string of the molecule is COC(=O)c1ccccc1-c1ccc(C2C(c3ccccn3)NC(=S)N2c2ccc(F)cc2)o1. The monoisotopic (exact) mass is 473 g/mol. The summed E-state index contributed by atoms with van der Waals surface area (Å²) in [6.45, 7) is 0. The molecule has 0 saturated carbocycles. The number of thiocarbonyl (C=S) groups is 1. The van der Waals surface area contributed by atoms with E-state index in [1.807, 2.05) is 41.3 Å². The quantitative estimate of drug-likeness (QED) is 0.306. The molecule has 2 aromatic heterocycles. The zero-order valence-electron chi connectivity index (χ0n) is 18.1. The first kappa shape index (κ1) is 21.8. The number of pyridine rings is 1. The summed E-state index contributed by atoms with van der Waals surface area (Å²) in [6.07, 6.45) is 1.72. The summed E-state index contributed by atoms with van der Waals surface area (Å²) in [5.74, 6) is 0.352. The van der Waals surface area contributed by atoms with Crippen molar-refractivity contribution >= 4 is 29.0 Å². The van der Waals surface area contributed by atoms with E-state index >= 15 is 0 Å². The van der Waals surface area contributed by atoms with Crippen LogP contribution in [-0.4, -0.2) is 23.2 Å². The van der Waals surface area contributed by atoms with E-state index in [0.717, 1.165) is 11.4 Å². The average Bonchev–Trinajstić information content (AvgIpc) is 3.49. The van der Waals surface area contributed by atoms with Gasteiger partial charge in [-0.25, -0.2) is 9.18 Å². The zero-order valence-corrected chi connectivity index (χ0v) is 19.0. The highest BCUT2D eigenvalue weighted by atomic mass is 32.1. The molecule has 2 atom stereocenters. The Morgan fingerprint density at radius 2 is 1.82 bits per heavy atom. The topological polar surface area (TPSA) is 67.6 Å². The van der Waals surface area contributed by atoms with Crippen molar-refractivity contribution in [2.45, 2.75) is 12.1 Å². The van der Waals surface area contributed by atoms with E-state index in [1.165, 1.54) is 19.2 Å². The minimum absolute atomic E-state index is 0.311. The lowest BCUT2D eigenvalue weighted by Gasteiger charge is -2.26. The van der Waals surface area contributed by atoms with Gasteiger partial charge in [0.05, 0.1) is 24.4 Å². The summed E-state index contributed by atoms with van der Waals surface area (Å²) in [5, 5.41) is 3.81. The van der Waals surface area contributed by atoms with Gasteiger partial charge in [0.2, 0.25) is 0 Å². The number of esters is 1. The summed E-state index contributed by atoms with van der Waals surface area (Å²) in [6, 6.07) is 21.9. The number of ether oxygens (including phenoxy) is 1. The summed E-state index contributed by atoms with van der Waals surface area (Å²) < 4.78 is 24.9. The number of nitrogens with one attached hydrogen (secondary N) is 1. The Kier molecular flexibility index (Phi) is 5.81. The summed E-state index contributed by atoms with van der Waals surface area (Å²) in [7, 11) is 1.34. The van der Waals surface area contributed by atoms with Gasteiger partial charge in [-0.1, -0.05) is 24.3 Å². The second-order valence-corrected chi connectivity index (χ2v) is 8.10. The van der Waals surface area contributed by atoms with Crippen LogP contribution in [0, 0.1) is 5.82 Å². The molecule has 8 heteroatoms. The molecule has 2 unspecified atom stereocenters. The van der Waals surface area contributed by atoms with E-state index in [2.05, 4.69) is 10.3 Å². The second kappa shape index (κ2) is 9.07. The van der Waals surface area contributed by atoms with Crippen molar-refractivity contribution in [1.82, 2.24) is 10.3 Å². The van der Waals surface area contributed by atoms with Crippen molar-refractivity contribution in [3.8, 4) is 11.3 Å². The third-order valence-electron chi connectivity index (χ3n) is 5.72. The van der Waals surface area contributed by atoms with Gasteiger partial charge in [-0.15, -0.1) is 0 Å². The van der Waals surface area contributed by atoms with E-state index < -0.39 is 12.0 Å². The van der Waals surface area contributed by atoms with E-state index in [1.54, 1.807) is 36.5 Å². The lowest BCUT2D eigenvalue weighted by Crippen LogP contribution is -2.29. The fraction of sp³-hybridized carbons (Fsp3) is 0.115. The van der Waals surface area contributed by atoms with Crippen molar-refractivity contribution in [3.05, 3.63) is 108 Å². The molecule has 0 aliphatic carbocycles. The first-order chi connectivity index (χ1) is 16.6. The molecule has 1 N–H and O–H groups in total. The summed E-state index contributed by atoms with van der Waals surface area (Å²) >= 11 is 5.67. The average molecular weight is 474 g/mol. The Balaban J connectivity index is 1.60. The Morgan fingerprint density at radius 1 is 1.06 bits per heavy atom. The molecule has 5 rings (SSSR count). The van der Waals surface area contributed by atoms with E-state index in [9.17, 15) is 9.18 Å². The minimum atomic E-state index is -0.448. The summed E-state index contributed by atoms with van der Waals surface area (Å²) in [4.78, 5) is 18.7. The van der Waals surface area contributed by atoms with Gasteiger partial charge in [0, 0.05) is 17.4 Å². The summed E-state index contributed by atoms with van der Waals surface area (Å²) in [5.41, 5.74) is 2.53. The maximum atomic E-state index is 13.6. The van der Waals surface area contributed by atoms with Crippen LogP contribution >= 0.6 is 12.2 Å². The Hall–Kier alpha value is -4.04. The molecule has 1 saturated heterocycles. The molecule has 2 aromatic carbocycles. The number of anilines is 1. The smallest absolute Gasteiger partial charge is 0.338 e. The fourth-order valence-electron chi connectivity index (χ4n) is 4.17. The number of nitrogens with zero attached hydrogens (tertiary/aromatic N) is 2. The number of aromatic nitrogens is 1. The lowest BCUT2D eigenvalue weighted by atomic mass is 10.0. The number of rotatable bonds is 5. The molecule has 34 heavy (non-hydrogen) atoms. The third-order valence-corrected chi connectivity index (χ3v) is 6.03. The standard InChI is InChI=1S/C26H20FN3O3S/c1-32-25(31)19-7-3-2-6-18(19)21-13-14-22(33-21)24-23(20-8-4-5-15-28-20)29-26(34)30(24)17-11-9-16(27)10-12-17/h2-15,23-24H,1H3,(H,29,34). The predicted octanol–water partition coefficient (Wildman–Crippen LogP) is 5.44. The first-order valence-corrected chi connectivity index (χ1v) is 11.0. The second-order valence-electron chi connectivity index (χ2n) is 7.71. The van der Waals surface area contributed by atoms with Crippen LogP contribution in [0.4, 0.5) is 10.1 Å². The number of hydrogen-bond acceptors (Lipinski definition) is 5. The van der Waals surface area contributed by atoms with Gasteiger partial charge in [0.25, 0.3) is 0 Å². The number of benzene rings is 2. The molecule has 1 fully saturated rings. The van der Waals surface area contributed by atoms with Crippen LogP contribution in [-0.2, 0) is 4.74 Å². The number of furan rings is 1. The van der Waals surface area contributed by atoms with Crippen LogP contribution in [0.2, 0.25) is 0 Å². The molecule has 1 aliphatic heterocycles. The predicted molar refractivity (Wildman–Crippen MR) is 130 cm³/mol. The van der Waals surface area contributed by atoms with Gasteiger partial charge in [0.15, 0.2) is 5.11 Å². The van der Waals surface area contributed by atoms with Gasteiger partial charge in [-0.3, -0.25) is 4.98 Å². The van der Waals surface area contributed by atoms with Crippen LogP contribution in [0.15, 0.2) is 89.5 Å². The highest BCUT2D eigenvalue weighted by molar-refractivity contribution is 7.80. The van der Waals surface area contributed by atoms with Crippen molar-refractivity contribution in [3.63, 3.8) is 0 Å². The van der Waals surface area contributed by atoms with Gasteiger partial charge < -0.3 is 19.4 Å². The van der Waals surface area contributed by atoms with E-state index in [4.69, 9.17) is 21.4 Å². The number of carbonyl (C=O) groups is 1. The zero-order chi connectivity index (χ0) is 23.7. The van der Waals surface area contributed by atoms with E-state index in [0.29, 0.717) is 27.8 Å². The molecule has 0 spiro atoms. The molecule has 4 aromatic rings. The largest absolute Gasteiger partial charge is 0.465 e. The molecule has 1 aliphatic rings. The minimum Gasteiger partial charge on any atom is -0.465 e. The molecule has 0 bridgehead atoms. The maximum absolute atomic E-state index is 13.6. The molecule has 0 radical (unpaired) electrons. The van der Waals surface area contributed by atoms with Gasteiger partial charge in [0.1, 0.15) is 23.4 Å². The number of carbonyl (C=O) groups excluding carboxylic acids is 1. The first-order valence-electron chi connectivity index (χ1n) is 10.6. The molecule has 3 heterocycles. The molecule has 170 valence electrons. The van der Waals surface area contributed by atoms with Crippen molar-refractivity contribution < 1.29 is 18.3 Å². The fourth-order valence-corrected chi connectivity index (χ4v) is 4.51. The molecular weight excluding hydrogens is 453 g/mol. The lowest BCUT2D eigenvalue weighted by molar-refractivity contribution is 0.0601. The third kappa shape index (κ3) is 3.92. The molecule has 6 nitrogen and oxygen atoms in total. The number of methoxy groups -OCH3 is 1. The molecule has 0 amide bonds. The van der Waals surface area contributed by atoms with E-state index in [-0.39, 0.29) is 11.9 Å². The number of hydrogen-bond donors (Lipinski definition) is 1. The van der Waals surface area contributed by atoms with Crippen molar-refractivity contribution in [2.75, 3.05) is 12.0 Å². The normalized spacial score (nSPS) is 17.5. The van der Waals surface area contributed by atoms with Crippen molar-refractivity contribution in [2.24, 2.45) is 0 Å². The van der Waals surface area contributed by atoms with Gasteiger partial charge in [-0.05, 0) is 66.8 Å². The van der Waals surface area contributed by atoms with Crippen LogP contribution in [0.25, 0.3) is 11.3 Å². The molecular formula is C26H20FN3O3S. The highest BCUT2D eigenvalue weighted by Gasteiger charge is 2.42.